The number of carbonyl (C=O) groups is 3. The van der Waals surface area contributed by atoms with Gasteiger partial charge in [-0.05, 0) is 128 Å². The lowest BCUT2D eigenvalue weighted by Crippen LogP contribution is -2.40. The van der Waals surface area contributed by atoms with Crippen LogP contribution in [0.2, 0.25) is 0 Å². The average molecular weight is 1180 g/mol. The smallest absolute Gasteiger partial charge is 0.361 e. The van der Waals surface area contributed by atoms with E-state index in [1.807, 2.05) is 21.1 Å². The molecule has 1 N–H and O–H groups in total. The number of ether oxygens (including phenoxy) is 4. The van der Waals surface area contributed by atoms with Gasteiger partial charge in [0.05, 0.1) is 34.4 Å². The van der Waals surface area contributed by atoms with Crippen molar-refractivity contribution in [3.8, 4) is 0 Å². The average Bonchev–Trinajstić information content (AvgIpc) is 3.49. The van der Waals surface area contributed by atoms with Crippen LogP contribution >= 0.6 is 0 Å². The number of nitrogens with zero attached hydrogens (tertiary/aromatic N) is 1. The molecule has 85 heavy (non-hydrogen) atoms. The molecule has 0 spiro atoms. The minimum atomic E-state index is -1.53. The first kappa shape index (κ1) is 79.9. The van der Waals surface area contributed by atoms with Gasteiger partial charge in [-0.15, -0.1) is 0 Å². The molecule has 9 nitrogen and oxygen atoms in total. The van der Waals surface area contributed by atoms with Gasteiger partial charge < -0.3 is 28.5 Å². The second kappa shape index (κ2) is 64.9. The third-order valence-corrected chi connectivity index (χ3v) is 13.8. The zero-order valence-electron chi connectivity index (χ0n) is 54.7. The highest BCUT2D eigenvalue weighted by molar-refractivity contribution is 5.71. The lowest BCUT2D eigenvalue weighted by Gasteiger charge is -2.25. The summed E-state index contributed by atoms with van der Waals surface area (Å²) in [4.78, 5) is 37.6. The highest BCUT2D eigenvalue weighted by atomic mass is 16.7. The number of esters is 2. The third-order valence-electron chi connectivity index (χ3n) is 13.8. The largest absolute Gasteiger partial charge is 0.477 e. The van der Waals surface area contributed by atoms with Gasteiger partial charge in [0.25, 0.3) is 6.29 Å². The molecule has 2 atom stereocenters. The molecule has 0 heterocycles. The highest BCUT2D eigenvalue weighted by Crippen LogP contribution is 2.15. The van der Waals surface area contributed by atoms with E-state index in [9.17, 15) is 19.5 Å². The van der Waals surface area contributed by atoms with Crippen LogP contribution in [0.25, 0.3) is 0 Å². The summed E-state index contributed by atoms with van der Waals surface area (Å²) in [6, 6.07) is 0. The number of carboxylic acids is 1. The Morgan fingerprint density at radius 2 is 0.671 bits per heavy atom. The van der Waals surface area contributed by atoms with Gasteiger partial charge >= 0.3 is 17.9 Å². The number of aliphatic carboxylic acids is 1. The van der Waals surface area contributed by atoms with Crippen molar-refractivity contribution in [3.05, 3.63) is 158 Å². The van der Waals surface area contributed by atoms with E-state index in [1.165, 1.54) is 77.0 Å². The van der Waals surface area contributed by atoms with Crippen molar-refractivity contribution in [2.75, 3.05) is 47.5 Å². The quantitative estimate of drug-likeness (QED) is 0.0211. The summed E-state index contributed by atoms with van der Waals surface area (Å²) in [6.45, 7) is 4.71. The first-order valence-corrected chi connectivity index (χ1v) is 33.6. The zero-order valence-corrected chi connectivity index (χ0v) is 54.7. The molecule has 0 fully saturated rings. The summed E-state index contributed by atoms with van der Waals surface area (Å²) in [5.41, 5.74) is 0. The molecule has 0 bridgehead atoms. The van der Waals surface area contributed by atoms with E-state index in [2.05, 4.69) is 172 Å². The first-order valence-electron chi connectivity index (χ1n) is 33.6. The lowest BCUT2D eigenvalue weighted by molar-refractivity contribution is -0.870. The van der Waals surface area contributed by atoms with E-state index >= 15 is 0 Å². The molecule has 0 amide bonds. The lowest BCUT2D eigenvalue weighted by atomic mass is 10.1. The fraction of sp³-hybridized carbons (Fsp3) is 0.618. The van der Waals surface area contributed by atoms with Gasteiger partial charge in [0, 0.05) is 12.8 Å². The topological polar surface area (TPSA) is 108 Å². The van der Waals surface area contributed by atoms with Crippen molar-refractivity contribution in [2.24, 2.45) is 0 Å². The van der Waals surface area contributed by atoms with Gasteiger partial charge in [0.1, 0.15) is 13.2 Å². The standard InChI is InChI=1S/C76H123NO8/c1-6-8-10-12-14-16-18-20-22-24-26-28-29-30-31-32-33-34-35-36-37-38-39-40-41-42-43-44-45-47-49-51-53-55-57-59-61-63-65-67-74(79)85-72(71-84-76(75(80)81)82-69-68-77(3,4)5)70-83-73(78)66-64-62-60-58-56-54-52-50-48-46-27-25-23-21-19-17-15-13-11-9-7-2/h8,10,14,16,19-22,25-28,30-31,33-34,36-37,39-40,42-43,45,47-48,50,72,76H,6-7,9,11-13,15,17-18,23-24,29,32,35,38,41,44,46,49,51-71H2,1-5H3/p+1/b10-8-,16-14-,21-19-,22-20-,27-25-,28-26-,31-30-,34-33-,37-36-,40-39-,43-42-,47-45-,50-48-. The minimum Gasteiger partial charge on any atom is -0.477 e. The van der Waals surface area contributed by atoms with Crippen LogP contribution < -0.4 is 0 Å². The maximum Gasteiger partial charge on any atom is 0.361 e. The number of carbonyl (C=O) groups excluding carboxylic acids is 2. The number of allylic oxidation sites excluding steroid dienone is 26. The number of unbranched alkanes of at least 4 members (excludes halogenated alkanes) is 19. The molecule has 0 radical (unpaired) electrons. The third kappa shape index (κ3) is 66.3. The molecule has 0 aromatic heterocycles. The second-order valence-electron chi connectivity index (χ2n) is 23.0. The molecular weight excluding hydrogens is 1050 g/mol. The molecule has 0 aromatic carbocycles. The van der Waals surface area contributed by atoms with E-state index in [-0.39, 0.29) is 38.6 Å². The van der Waals surface area contributed by atoms with E-state index in [4.69, 9.17) is 18.9 Å². The zero-order chi connectivity index (χ0) is 61.9. The van der Waals surface area contributed by atoms with Crippen LogP contribution in [0, 0.1) is 0 Å². The molecule has 0 rings (SSSR count). The Labute approximate surface area is 521 Å². The Morgan fingerprint density at radius 3 is 1.00 bits per heavy atom. The van der Waals surface area contributed by atoms with Crippen molar-refractivity contribution in [2.45, 2.75) is 257 Å². The Balaban J connectivity index is 4.23. The molecule has 0 saturated heterocycles. The van der Waals surface area contributed by atoms with Gasteiger partial charge in [0.15, 0.2) is 6.10 Å². The van der Waals surface area contributed by atoms with Crippen LogP contribution in [0.4, 0.5) is 0 Å². The van der Waals surface area contributed by atoms with Crippen LogP contribution in [-0.4, -0.2) is 87.4 Å². The number of quaternary nitrogens is 1. The predicted octanol–water partition coefficient (Wildman–Crippen LogP) is 20.9. The van der Waals surface area contributed by atoms with E-state index < -0.39 is 24.3 Å². The van der Waals surface area contributed by atoms with Crippen molar-refractivity contribution in [1.82, 2.24) is 0 Å². The van der Waals surface area contributed by atoms with Crippen LogP contribution in [0.3, 0.4) is 0 Å². The summed E-state index contributed by atoms with van der Waals surface area (Å²) in [5.74, 6) is -2.05. The van der Waals surface area contributed by atoms with Crippen LogP contribution in [0.1, 0.15) is 245 Å². The van der Waals surface area contributed by atoms with Crippen molar-refractivity contribution < 1.29 is 42.9 Å². The molecule has 9 heteroatoms. The SMILES string of the molecule is CC/C=C\C/C=C\C/C=C\C/C=C\C/C=C\C/C=C\C/C=C\C/C=C\C/C=C\C/C=C\CCCCCCCCCCC(=O)OC(COC(=O)CCCCCCCC/C=C\C/C=C\C/C=C\CCCCCCC)COC(OCC[N+](C)(C)C)C(=O)O. The maximum atomic E-state index is 12.9. The van der Waals surface area contributed by atoms with Crippen molar-refractivity contribution in [1.29, 1.82) is 0 Å². The molecule has 0 aromatic rings. The van der Waals surface area contributed by atoms with Gasteiger partial charge in [0.2, 0.25) is 0 Å². The normalized spacial score (nSPS) is 13.8. The fourth-order valence-electron chi connectivity index (χ4n) is 8.64. The maximum absolute atomic E-state index is 12.9. The van der Waals surface area contributed by atoms with Gasteiger partial charge in [-0.1, -0.05) is 262 Å². The van der Waals surface area contributed by atoms with Gasteiger partial charge in [-0.25, -0.2) is 4.79 Å². The fourth-order valence-corrected chi connectivity index (χ4v) is 8.64. The van der Waals surface area contributed by atoms with Crippen molar-refractivity contribution >= 4 is 17.9 Å². The Bertz CT molecular complexity index is 1950. The second-order valence-corrected chi connectivity index (χ2v) is 23.0. The Morgan fingerprint density at radius 1 is 0.365 bits per heavy atom. The molecule has 2 unspecified atom stereocenters. The number of rotatable bonds is 60. The first-order chi connectivity index (χ1) is 41.6. The number of carboxylic acid groups (broad SMARTS) is 1. The predicted molar refractivity (Wildman–Crippen MR) is 363 cm³/mol. The summed E-state index contributed by atoms with van der Waals surface area (Å²) in [7, 11) is 5.96. The highest BCUT2D eigenvalue weighted by Gasteiger charge is 2.25. The number of hydrogen-bond donors (Lipinski definition) is 1. The molecule has 0 aliphatic carbocycles. The van der Waals surface area contributed by atoms with Gasteiger partial charge in [-0.2, -0.15) is 0 Å². The number of likely N-dealkylation sites (N-methyl/N-ethyl adjacent to an activating group) is 1. The summed E-state index contributed by atoms with van der Waals surface area (Å²) < 4.78 is 22.9. The monoisotopic (exact) mass is 1180 g/mol. The Kier molecular flexibility index (Phi) is 61.0. The van der Waals surface area contributed by atoms with Crippen LogP contribution in [-0.2, 0) is 33.3 Å². The summed E-state index contributed by atoms with van der Waals surface area (Å²) in [5, 5.41) is 9.73. The number of hydrogen-bond acceptors (Lipinski definition) is 7. The van der Waals surface area contributed by atoms with E-state index in [0.717, 1.165) is 135 Å². The molecule has 0 saturated carbocycles. The van der Waals surface area contributed by atoms with E-state index in [1.54, 1.807) is 0 Å². The molecular formula is C76H124NO8+. The minimum absolute atomic E-state index is 0.175. The van der Waals surface area contributed by atoms with Crippen LogP contribution in [0.15, 0.2) is 158 Å². The molecule has 480 valence electrons. The van der Waals surface area contributed by atoms with Crippen LogP contribution in [0.5, 0.6) is 0 Å². The van der Waals surface area contributed by atoms with Crippen molar-refractivity contribution in [3.63, 3.8) is 0 Å². The van der Waals surface area contributed by atoms with Gasteiger partial charge in [-0.3, -0.25) is 9.59 Å². The summed E-state index contributed by atoms with van der Waals surface area (Å²) >= 11 is 0. The molecule has 0 aliphatic rings. The summed E-state index contributed by atoms with van der Waals surface area (Å²) in [6.07, 6.45) is 93.4. The Hall–Kier alpha value is -5.09. The molecule has 0 aliphatic heterocycles. The van der Waals surface area contributed by atoms with E-state index in [0.29, 0.717) is 17.4 Å².